The van der Waals surface area contributed by atoms with Crippen LogP contribution in [0.15, 0.2) is 30.5 Å². The first-order chi connectivity index (χ1) is 11.1. The zero-order chi connectivity index (χ0) is 16.4. The number of benzene rings is 1. The van der Waals surface area contributed by atoms with Gasteiger partial charge in [-0.1, -0.05) is 24.3 Å². The van der Waals surface area contributed by atoms with E-state index in [-0.39, 0.29) is 11.9 Å². The lowest BCUT2D eigenvalue weighted by Gasteiger charge is -2.39. The molecule has 0 spiro atoms. The van der Waals surface area contributed by atoms with Crippen LogP contribution in [-0.4, -0.2) is 44.9 Å². The van der Waals surface area contributed by atoms with E-state index in [4.69, 9.17) is 5.73 Å². The SMILES string of the molecule is Cc1cccc(-n2cc(C(=O)N3CCC[C@H](C)[C@@H]3CN)nn2)c1. The molecule has 2 N–H and O–H groups in total. The van der Waals surface area contributed by atoms with E-state index in [1.54, 1.807) is 10.9 Å². The fraction of sp³-hybridized carbons (Fsp3) is 0.471. The predicted molar refractivity (Wildman–Crippen MR) is 88.4 cm³/mol. The number of amides is 1. The van der Waals surface area contributed by atoms with Crippen molar-refractivity contribution < 1.29 is 4.79 Å². The van der Waals surface area contributed by atoms with E-state index >= 15 is 0 Å². The molecule has 1 amide bonds. The summed E-state index contributed by atoms with van der Waals surface area (Å²) in [6.07, 6.45) is 3.82. The number of hydrogen-bond donors (Lipinski definition) is 1. The fourth-order valence-corrected chi connectivity index (χ4v) is 3.27. The van der Waals surface area contributed by atoms with Gasteiger partial charge in [0.2, 0.25) is 0 Å². The Kier molecular flexibility index (Phi) is 4.43. The lowest BCUT2D eigenvalue weighted by molar-refractivity contribution is 0.0526. The van der Waals surface area contributed by atoms with Crippen molar-refractivity contribution in [2.45, 2.75) is 32.7 Å². The minimum Gasteiger partial charge on any atom is -0.333 e. The first-order valence-corrected chi connectivity index (χ1v) is 8.10. The molecule has 3 rings (SSSR count). The molecular weight excluding hydrogens is 290 g/mol. The van der Waals surface area contributed by atoms with E-state index in [0.29, 0.717) is 18.2 Å². The molecule has 2 atom stereocenters. The quantitative estimate of drug-likeness (QED) is 0.937. The van der Waals surface area contributed by atoms with Crippen molar-refractivity contribution in [1.82, 2.24) is 19.9 Å². The summed E-state index contributed by atoms with van der Waals surface area (Å²) in [5, 5.41) is 8.17. The van der Waals surface area contributed by atoms with E-state index in [1.807, 2.05) is 36.1 Å². The first kappa shape index (κ1) is 15.7. The Morgan fingerprint density at radius 3 is 3.00 bits per heavy atom. The lowest BCUT2D eigenvalue weighted by atomic mass is 9.90. The van der Waals surface area contributed by atoms with Gasteiger partial charge in [-0.05, 0) is 43.4 Å². The van der Waals surface area contributed by atoms with Crippen molar-refractivity contribution in [1.29, 1.82) is 0 Å². The minimum atomic E-state index is -0.0779. The van der Waals surface area contributed by atoms with Crippen LogP contribution in [0.4, 0.5) is 0 Å². The summed E-state index contributed by atoms with van der Waals surface area (Å²) in [6, 6.07) is 8.02. The highest BCUT2D eigenvalue weighted by atomic mass is 16.2. The van der Waals surface area contributed by atoms with Gasteiger partial charge in [-0.2, -0.15) is 0 Å². The Labute approximate surface area is 136 Å². The second-order valence-electron chi connectivity index (χ2n) is 6.31. The number of rotatable bonds is 3. The molecule has 6 heteroatoms. The molecule has 0 saturated carbocycles. The first-order valence-electron chi connectivity index (χ1n) is 8.10. The fourth-order valence-electron chi connectivity index (χ4n) is 3.27. The minimum absolute atomic E-state index is 0.0779. The summed E-state index contributed by atoms with van der Waals surface area (Å²) < 4.78 is 1.64. The van der Waals surface area contributed by atoms with Crippen LogP contribution in [0.5, 0.6) is 0 Å². The van der Waals surface area contributed by atoms with Crippen LogP contribution in [-0.2, 0) is 0 Å². The molecule has 0 bridgehead atoms. The van der Waals surface area contributed by atoms with Crippen LogP contribution in [0, 0.1) is 12.8 Å². The van der Waals surface area contributed by atoms with E-state index in [0.717, 1.165) is 30.6 Å². The van der Waals surface area contributed by atoms with Gasteiger partial charge < -0.3 is 10.6 Å². The zero-order valence-electron chi connectivity index (χ0n) is 13.6. The normalized spacial score (nSPS) is 21.4. The number of aromatic nitrogens is 3. The van der Waals surface area contributed by atoms with E-state index < -0.39 is 0 Å². The third-order valence-corrected chi connectivity index (χ3v) is 4.60. The third kappa shape index (κ3) is 3.12. The second-order valence-corrected chi connectivity index (χ2v) is 6.31. The van der Waals surface area contributed by atoms with Gasteiger partial charge in [-0.3, -0.25) is 4.79 Å². The summed E-state index contributed by atoms with van der Waals surface area (Å²) in [4.78, 5) is 14.6. The average molecular weight is 313 g/mol. The number of carbonyl (C=O) groups is 1. The van der Waals surface area contributed by atoms with Crippen LogP contribution in [0.1, 0.15) is 35.8 Å². The van der Waals surface area contributed by atoms with Crippen LogP contribution in [0.3, 0.4) is 0 Å². The Bertz CT molecular complexity index is 696. The highest BCUT2D eigenvalue weighted by molar-refractivity contribution is 5.92. The maximum atomic E-state index is 12.8. The number of likely N-dealkylation sites (tertiary alicyclic amines) is 1. The Morgan fingerprint density at radius 2 is 2.26 bits per heavy atom. The molecule has 1 aromatic carbocycles. The Hall–Kier alpha value is -2.21. The molecule has 0 radical (unpaired) electrons. The molecule has 1 aliphatic heterocycles. The van der Waals surface area contributed by atoms with E-state index in [1.165, 1.54) is 0 Å². The van der Waals surface area contributed by atoms with Crippen LogP contribution >= 0.6 is 0 Å². The second kappa shape index (κ2) is 6.50. The van der Waals surface area contributed by atoms with Crippen LogP contribution in [0.2, 0.25) is 0 Å². The molecule has 1 fully saturated rings. The number of piperidine rings is 1. The lowest BCUT2D eigenvalue weighted by Crippen LogP contribution is -2.51. The number of hydrogen-bond acceptors (Lipinski definition) is 4. The molecule has 0 unspecified atom stereocenters. The Balaban J connectivity index is 1.83. The molecule has 2 heterocycles. The molecule has 23 heavy (non-hydrogen) atoms. The standard InChI is InChI=1S/C17H23N5O/c1-12-5-3-7-14(9-12)22-11-15(19-20-22)17(23)21-8-4-6-13(2)16(21)10-18/h3,5,7,9,11,13,16H,4,6,8,10,18H2,1-2H3/t13-,16-/m0/s1. The van der Waals surface area contributed by atoms with Gasteiger partial charge in [0.25, 0.3) is 5.91 Å². The van der Waals surface area contributed by atoms with Crippen molar-refractivity contribution in [3.63, 3.8) is 0 Å². The summed E-state index contributed by atoms with van der Waals surface area (Å²) in [5.74, 6) is 0.343. The van der Waals surface area contributed by atoms with E-state index in [2.05, 4.69) is 17.2 Å². The molecule has 1 aliphatic rings. The van der Waals surface area contributed by atoms with E-state index in [9.17, 15) is 4.79 Å². The monoisotopic (exact) mass is 313 g/mol. The largest absolute Gasteiger partial charge is 0.333 e. The Morgan fingerprint density at radius 1 is 1.43 bits per heavy atom. The van der Waals surface area contributed by atoms with Gasteiger partial charge in [-0.15, -0.1) is 5.10 Å². The topological polar surface area (TPSA) is 77.0 Å². The van der Waals surface area contributed by atoms with Crippen LogP contribution in [0.25, 0.3) is 5.69 Å². The molecule has 1 saturated heterocycles. The number of nitrogens with two attached hydrogens (primary N) is 1. The molecule has 0 aliphatic carbocycles. The van der Waals surface area contributed by atoms with Crippen molar-refractivity contribution in [2.75, 3.05) is 13.1 Å². The highest BCUT2D eigenvalue weighted by Crippen LogP contribution is 2.24. The van der Waals surface area contributed by atoms with Gasteiger partial charge in [0.05, 0.1) is 11.9 Å². The van der Waals surface area contributed by atoms with Crippen molar-refractivity contribution in [3.8, 4) is 5.69 Å². The zero-order valence-corrected chi connectivity index (χ0v) is 13.6. The maximum absolute atomic E-state index is 12.8. The summed E-state index contributed by atoms with van der Waals surface area (Å²) in [6.45, 7) is 5.40. The van der Waals surface area contributed by atoms with Gasteiger partial charge in [0.1, 0.15) is 0 Å². The highest BCUT2D eigenvalue weighted by Gasteiger charge is 2.32. The summed E-state index contributed by atoms with van der Waals surface area (Å²) >= 11 is 0. The molecule has 122 valence electrons. The van der Waals surface area contributed by atoms with Crippen LogP contribution < -0.4 is 5.73 Å². The molecule has 1 aromatic heterocycles. The number of aryl methyl sites for hydroxylation is 1. The molecule has 6 nitrogen and oxygen atoms in total. The van der Waals surface area contributed by atoms with Crippen molar-refractivity contribution in [3.05, 3.63) is 41.7 Å². The number of carbonyl (C=O) groups excluding carboxylic acids is 1. The van der Waals surface area contributed by atoms with Crippen molar-refractivity contribution >= 4 is 5.91 Å². The van der Waals surface area contributed by atoms with Gasteiger partial charge in [-0.25, -0.2) is 4.68 Å². The molecular formula is C17H23N5O. The number of nitrogens with zero attached hydrogens (tertiary/aromatic N) is 4. The van der Waals surface area contributed by atoms with Gasteiger partial charge in [0.15, 0.2) is 5.69 Å². The molecule has 2 aromatic rings. The average Bonchev–Trinajstić information content (AvgIpc) is 3.04. The maximum Gasteiger partial charge on any atom is 0.276 e. The third-order valence-electron chi connectivity index (χ3n) is 4.60. The summed E-state index contributed by atoms with van der Waals surface area (Å²) in [5.41, 5.74) is 8.29. The van der Waals surface area contributed by atoms with Gasteiger partial charge in [0, 0.05) is 19.1 Å². The van der Waals surface area contributed by atoms with Crippen molar-refractivity contribution in [2.24, 2.45) is 11.7 Å². The smallest absolute Gasteiger partial charge is 0.276 e. The van der Waals surface area contributed by atoms with Gasteiger partial charge >= 0.3 is 0 Å². The summed E-state index contributed by atoms with van der Waals surface area (Å²) in [7, 11) is 0. The predicted octanol–water partition coefficient (Wildman–Crippen LogP) is 1.78.